The molecule has 0 saturated carbocycles. The zero-order valence-electron chi connectivity index (χ0n) is 19.4. The van der Waals surface area contributed by atoms with E-state index in [9.17, 15) is 33.0 Å². The van der Waals surface area contributed by atoms with Gasteiger partial charge < -0.3 is 20.4 Å². The van der Waals surface area contributed by atoms with Gasteiger partial charge in [0.15, 0.2) is 12.2 Å². The lowest BCUT2D eigenvalue weighted by molar-refractivity contribution is -0.153. The first-order valence-corrected chi connectivity index (χ1v) is 12.6. The summed E-state index contributed by atoms with van der Waals surface area (Å²) in [6.45, 7) is 0.531. The zero-order valence-corrected chi connectivity index (χ0v) is 20.2. The Bertz CT molecular complexity index is 1140. The third-order valence-corrected chi connectivity index (χ3v) is 7.65. The number of aliphatic hydroxyl groups excluding tert-OH is 2. The molecule has 0 bridgehead atoms. The lowest BCUT2D eigenvalue weighted by Crippen LogP contribution is -2.51. The predicted molar refractivity (Wildman–Crippen MR) is 129 cm³/mol. The van der Waals surface area contributed by atoms with Gasteiger partial charge in [-0.1, -0.05) is 23.8 Å². The first-order chi connectivity index (χ1) is 17.2. The van der Waals surface area contributed by atoms with Crippen LogP contribution in [0.3, 0.4) is 0 Å². The Morgan fingerprint density at radius 1 is 1.06 bits per heavy atom. The molecule has 4 rings (SSSR count). The lowest BCUT2D eigenvalue weighted by atomic mass is 10.0. The molecule has 0 aromatic heterocycles. The molecule has 1 saturated heterocycles. The van der Waals surface area contributed by atoms with Gasteiger partial charge in [0, 0.05) is 24.4 Å². The number of hydrogen-bond acceptors (Lipinski definition) is 5. The molecule has 2 aliphatic rings. The molecule has 0 spiro atoms. The summed E-state index contributed by atoms with van der Waals surface area (Å²) in [5.41, 5.74) is 2.03. The highest BCUT2D eigenvalue weighted by Gasteiger charge is 2.38. The van der Waals surface area contributed by atoms with Gasteiger partial charge in [0.25, 0.3) is 11.8 Å². The maximum absolute atomic E-state index is 13.9. The molecule has 36 heavy (non-hydrogen) atoms. The molecule has 0 aliphatic carbocycles. The van der Waals surface area contributed by atoms with E-state index in [1.165, 1.54) is 40.9 Å². The Hall–Kier alpha value is -2.82. The van der Waals surface area contributed by atoms with Crippen molar-refractivity contribution in [3.05, 3.63) is 82.0 Å². The summed E-state index contributed by atoms with van der Waals surface area (Å²) in [6, 6.07) is 8.83. The van der Waals surface area contributed by atoms with Crippen LogP contribution in [0.5, 0.6) is 0 Å². The maximum atomic E-state index is 13.9. The summed E-state index contributed by atoms with van der Waals surface area (Å²) in [7, 11) is 0. The molecule has 1 fully saturated rings. The normalized spacial score (nSPS) is 21.2. The number of carbonyl (C=O) groups excluding carboxylic acids is 2. The van der Waals surface area contributed by atoms with Crippen molar-refractivity contribution in [3.8, 4) is 0 Å². The maximum Gasteiger partial charge on any atom is 0.255 e. The van der Waals surface area contributed by atoms with Crippen LogP contribution in [0.1, 0.15) is 36.4 Å². The van der Waals surface area contributed by atoms with Crippen molar-refractivity contribution in [2.24, 2.45) is 0 Å². The van der Waals surface area contributed by atoms with E-state index in [1.54, 1.807) is 12.1 Å². The molecule has 2 aliphatic heterocycles. The van der Waals surface area contributed by atoms with Gasteiger partial charge in [-0.2, -0.15) is 0 Å². The highest BCUT2D eigenvalue weighted by atomic mass is 32.2. The Labute approximate surface area is 211 Å². The predicted octanol–water partition coefficient (Wildman–Crippen LogP) is 3.24. The summed E-state index contributed by atoms with van der Waals surface area (Å²) in [5, 5.41) is 25.1. The lowest BCUT2D eigenvalue weighted by Gasteiger charge is -2.28. The number of halogens is 3. The standard InChI is InChI=1S/C26H27F3N2O4S/c27-18-6-3-16(4-7-18)22-2-1-9-31(22)26(35)24(33)23(32)25(34)30-13-20-11-15(14-36-20)10-17-5-8-19(28)12-21(17)29/h3-8,12,14,20,22-24,32-33H,1-2,9-11,13H2,(H,30,34)/t20?,22?,23-,24-/m1/s1. The van der Waals surface area contributed by atoms with Crippen LogP contribution in [0.15, 0.2) is 53.4 Å². The summed E-state index contributed by atoms with van der Waals surface area (Å²) < 4.78 is 40.3. The number of hydrogen-bond donors (Lipinski definition) is 3. The Balaban J connectivity index is 1.26. The molecular weight excluding hydrogens is 493 g/mol. The smallest absolute Gasteiger partial charge is 0.255 e. The van der Waals surface area contributed by atoms with Crippen molar-refractivity contribution >= 4 is 23.6 Å². The number of nitrogens with one attached hydrogen (secondary N) is 1. The van der Waals surface area contributed by atoms with Crippen LogP contribution in [0, 0.1) is 17.5 Å². The van der Waals surface area contributed by atoms with Crippen LogP contribution >= 0.6 is 11.8 Å². The molecule has 2 heterocycles. The summed E-state index contributed by atoms with van der Waals surface area (Å²) >= 11 is 1.45. The van der Waals surface area contributed by atoms with Gasteiger partial charge in [0.05, 0.1) is 6.04 Å². The quantitative estimate of drug-likeness (QED) is 0.498. The Morgan fingerprint density at radius 3 is 2.50 bits per heavy atom. The summed E-state index contributed by atoms with van der Waals surface area (Å²) in [4.78, 5) is 26.7. The second-order valence-electron chi connectivity index (χ2n) is 9.03. The van der Waals surface area contributed by atoms with E-state index >= 15 is 0 Å². The van der Waals surface area contributed by atoms with Crippen LogP contribution in [0.2, 0.25) is 0 Å². The highest BCUT2D eigenvalue weighted by molar-refractivity contribution is 8.03. The van der Waals surface area contributed by atoms with Crippen LogP contribution in [0.25, 0.3) is 0 Å². The van der Waals surface area contributed by atoms with E-state index in [0.29, 0.717) is 37.8 Å². The van der Waals surface area contributed by atoms with E-state index in [1.807, 2.05) is 5.41 Å². The monoisotopic (exact) mass is 520 g/mol. The van der Waals surface area contributed by atoms with Gasteiger partial charge in [-0.05, 0) is 60.4 Å². The molecule has 4 atom stereocenters. The average molecular weight is 521 g/mol. The Kier molecular flexibility index (Phi) is 8.38. The van der Waals surface area contributed by atoms with Crippen molar-refractivity contribution in [1.29, 1.82) is 0 Å². The number of rotatable bonds is 8. The van der Waals surface area contributed by atoms with Crippen LogP contribution in [-0.4, -0.2) is 57.5 Å². The number of carbonyl (C=O) groups is 2. The van der Waals surface area contributed by atoms with E-state index < -0.39 is 41.5 Å². The molecule has 2 unspecified atom stereocenters. The highest BCUT2D eigenvalue weighted by Crippen LogP contribution is 2.33. The number of likely N-dealkylation sites (tertiary alicyclic amines) is 1. The number of allylic oxidation sites excluding steroid dienone is 1. The molecule has 6 nitrogen and oxygen atoms in total. The van der Waals surface area contributed by atoms with E-state index in [2.05, 4.69) is 5.32 Å². The summed E-state index contributed by atoms with van der Waals surface area (Å²) in [5.74, 6) is -3.27. The number of thioether (sulfide) groups is 1. The SMILES string of the molecule is O=C(NCC1CC(Cc2ccc(F)cc2F)=CS1)[C@H](O)[C@@H](O)C(=O)N1CCCC1c1ccc(F)cc1. The molecule has 2 aromatic rings. The molecular formula is C26H27F3N2O4S. The summed E-state index contributed by atoms with van der Waals surface area (Å²) in [6.07, 6.45) is -1.69. The van der Waals surface area contributed by atoms with Gasteiger partial charge in [0.1, 0.15) is 17.5 Å². The van der Waals surface area contributed by atoms with Crippen LogP contribution < -0.4 is 5.32 Å². The van der Waals surface area contributed by atoms with Crippen molar-refractivity contribution in [3.63, 3.8) is 0 Å². The van der Waals surface area contributed by atoms with Crippen LogP contribution in [-0.2, 0) is 16.0 Å². The van der Waals surface area contributed by atoms with Crippen molar-refractivity contribution in [1.82, 2.24) is 10.2 Å². The largest absolute Gasteiger partial charge is 0.380 e. The van der Waals surface area contributed by atoms with Gasteiger partial charge >= 0.3 is 0 Å². The van der Waals surface area contributed by atoms with Crippen molar-refractivity contribution in [2.45, 2.75) is 49.2 Å². The van der Waals surface area contributed by atoms with Gasteiger partial charge in [0.2, 0.25) is 0 Å². The number of benzene rings is 2. The van der Waals surface area contributed by atoms with Gasteiger partial charge in [-0.25, -0.2) is 13.2 Å². The molecule has 2 amide bonds. The number of aliphatic hydroxyl groups is 2. The fourth-order valence-electron chi connectivity index (χ4n) is 4.55. The first-order valence-electron chi connectivity index (χ1n) is 11.7. The average Bonchev–Trinajstić information content (AvgIpc) is 3.53. The van der Waals surface area contributed by atoms with E-state index in [-0.39, 0.29) is 17.8 Å². The first kappa shape index (κ1) is 26.2. The van der Waals surface area contributed by atoms with Crippen molar-refractivity contribution < 1.29 is 33.0 Å². The van der Waals surface area contributed by atoms with Gasteiger partial charge in [-0.15, -0.1) is 11.8 Å². The minimum atomic E-state index is -1.95. The fourth-order valence-corrected chi connectivity index (χ4v) is 5.61. The molecule has 3 N–H and O–H groups in total. The second-order valence-corrected chi connectivity index (χ2v) is 10.2. The van der Waals surface area contributed by atoms with E-state index in [0.717, 1.165) is 17.2 Å². The minimum Gasteiger partial charge on any atom is -0.380 e. The molecule has 192 valence electrons. The van der Waals surface area contributed by atoms with Gasteiger partial charge in [-0.3, -0.25) is 9.59 Å². The fraction of sp³-hybridized carbons (Fsp3) is 0.385. The molecule has 10 heteroatoms. The topological polar surface area (TPSA) is 89.9 Å². The third-order valence-electron chi connectivity index (χ3n) is 6.46. The van der Waals surface area contributed by atoms with Crippen molar-refractivity contribution in [2.75, 3.05) is 13.1 Å². The Morgan fingerprint density at radius 2 is 1.78 bits per heavy atom. The third kappa shape index (κ3) is 6.11. The minimum absolute atomic E-state index is 0.0612. The number of amides is 2. The second kappa shape index (κ2) is 11.5. The zero-order chi connectivity index (χ0) is 25.8. The van der Waals surface area contributed by atoms with E-state index in [4.69, 9.17) is 0 Å². The van der Waals surface area contributed by atoms with Crippen LogP contribution in [0.4, 0.5) is 13.2 Å². The number of nitrogens with zero attached hydrogens (tertiary/aromatic N) is 1. The molecule has 2 aromatic carbocycles. The molecule has 0 radical (unpaired) electrons.